The van der Waals surface area contributed by atoms with Crippen LogP contribution in [0.2, 0.25) is 0 Å². The molecule has 0 aliphatic heterocycles. The summed E-state index contributed by atoms with van der Waals surface area (Å²) in [6.07, 6.45) is 7.60. The number of unbranched alkanes of at least 4 members (excludes halogenated alkanes) is 5. The minimum atomic E-state index is 0.247. The minimum Gasteiger partial charge on any atom is -0.395 e. The molecule has 3 nitrogen and oxygen atoms in total. The van der Waals surface area contributed by atoms with E-state index >= 15 is 0 Å². The highest BCUT2D eigenvalue weighted by Gasteiger charge is 1.90. The highest BCUT2D eigenvalue weighted by atomic mass is 16.3. The minimum absolute atomic E-state index is 0.247. The topological polar surface area (TPSA) is 58.3 Å². The maximum atomic E-state index is 8.49. The molecule has 0 rings (SSSR count). The number of hydrogen-bond donors (Lipinski definition) is 3. The van der Waals surface area contributed by atoms with Crippen LogP contribution in [0.3, 0.4) is 0 Å². The van der Waals surface area contributed by atoms with Crippen LogP contribution in [-0.4, -0.2) is 31.3 Å². The zero-order chi connectivity index (χ0) is 9.78. The van der Waals surface area contributed by atoms with Crippen LogP contribution < -0.4 is 11.1 Å². The first-order chi connectivity index (χ1) is 6.41. The van der Waals surface area contributed by atoms with Crippen LogP contribution in [0.5, 0.6) is 0 Å². The smallest absolute Gasteiger partial charge is 0.0555 e. The van der Waals surface area contributed by atoms with Crippen molar-refractivity contribution < 1.29 is 5.11 Å². The maximum Gasteiger partial charge on any atom is 0.0555 e. The van der Waals surface area contributed by atoms with Gasteiger partial charge in [0.2, 0.25) is 0 Å². The Balaban J connectivity index is 2.76. The first-order valence-electron chi connectivity index (χ1n) is 5.43. The third-order valence-corrected chi connectivity index (χ3v) is 2.10. The van der Waals surface area contributed by atoms with Gasteiger partial charge in [-0.3, -0.25) is 0 Å². The molecular formula is C10H24N2O. The van der Waals surface area contributed by atoms with Crippen LogP contribution in [0.4, 0.5) is 0 Å². The summed E-state index contributed by atoms with van der Waals surface area (Å²) in [7, 11) is 0. The summed E-state index contributed by atoms with van der Waals surface area (Å²) in [5.41, 5.74) is 5.39. The van der Waals surface area contributed by atoms with E-state index in [2.05, 4.69) is 5.32 Å². The van der Waals surface area contributed by atoms with E-state index in [9.17, 15) is 0 Å². The zero-order valence-corrected chi connectivity index (χ0v) is 8.60. The summed E-state index contributed by atoms with van der Waals surface area (Å²) >= 11 is 0. The largest absolute Gasteiger partial charge is 0.395 e. The third-order valence-electron chi connectivity index (χ3n) is 2.10. The number of aliphatic hydroxyl groups excluding tert-OH is 1. The molecule has 0 aromatic heterocycles. The molecule has 0 radical (unpaired) electrons. The third kappa shape index (κ3) is 11.9. The molecule has 0 fully saturated rings. The molecule has 0 heterocycles. The second-order valence-electron chi connectivity index (χ2n) is 3.38. The van der Waals surface area contributed by atoms with Gasteiger partial charge in [0.15, 0.2) is 0 Å². The molecule has 0 bridgehead atoms. The van der Waals surface area contributed by atoms with E-state index in [-0.39, 0.29) is 6.61 Å². The standard InChI is InChI=1S/C10H24N2O/c11-7-5-3-1-2-4-6-8-12-9-10-13/h12-13H,1-11H2. The molecule has 0 unspecified atom stereocenters. The molecular weight excluding hydrogens is 164 g/mol. The molecule has 13 heavy (non-hydrogen) atoms. The quantitative estimate of drug-likeness (QED) is 0.446. The number of nitrogens with one attached hydrogen (secondary N) is 1. The molecule has 0 aliphatic rings. The first-order valence-corrected chi connectivity index (χ1v) is 5.43. The van der Waals surface area contributed by atoms with E-state index in [1.54, 1.807) is 0 Å². The Morgan fingerprint density at radius 3 is 2.08 bits per heavy atom. The Kier molecular flexibility index (Phi) is 11.8. The molecule has 0 aliphatic carbocycles. The lowest BCUT2D eigenvalue weighted by Crippen LogP contribution is -2.19. The molecule has 0 spiro atoms. The Bertz CT molecular complexity index is 79.0. The lowest BCUT2D eigenvalue weighted by molar-refractivity contribution is 0.292. The van der Waals surface area contributed by atoms with Crippen molar-refractivity contribution in [2.24, 2.45) is 5.73 Å². The molecule has 0 atom stereocenters. The van der Waals surface area contributed by atoms with Crippen LogP contribution >= 0.6 is 0 Å². The van der Waals surface area contributed by atoms with Crippen molar-refractivity contribution in [1.82, 2.24) is 5.32 Å². The van der Waals surface area contributed by atoms with Gasteiger partial charge < -0.3 is 16.2 Å². The van der Waals surface area contributed by atoms with E-state index < -0.39 is 0 Å². The van der Waals surface area contributed by atoms with Gasteiger partial charge in [-0.05, 0) is 25.9 Å². The first kappa shape index (κ1) is 12.9. The highest BCUT2D eigenvalue weighted by molar-refractivity contribution is 4.49. The highest BCUT2D eigenvalue weighted by Crippen LogP contribution is 2.03. The van der Waals surface area contributed by atoms with Gasteiger partial charge in [0, 0.05) is 6.54 Å². The number of aliphatic hydroxyl groups is 1. The Morgan fingerprint density at radius 1 is 0.846 bits per heavy atom. The lowest BCUT2D eigenvalue weighted by atomic mass is 10.1. The van der Waals surface area contributed by atoms with Crippen LogP contribution in [0, 0.1) is 0 Å². The predicted octanol–water partition coefficient (Wildman–Crippen LogP) is 0.868. The molecule has 3 heteroatoms. The van der Waals surface area contributed by atoms with E-state index in [0.29, 0.717) is 0 Å². The van der Waals surface area contributed by atoms with Gasteiger partial charge in [0.1, 0.15) is 0 Å². The maximum absolute atomic E-state index is 8.49. The Morgan fingerprint density at radius 2 is 1.46 bits per heavy atom. The van der Waals surface area contributed by atoms with Crippen molar-refractivity contribution >= 4 is 0 Å². The van der Waals surface area contributed by atoms with Crippen LogP contribution in [0.1, 0.15) is 38.5 Å². The molecule has 0 saturated carbocycles. The van der Waals surface area contributed by atoms with Gasteiger partial charge in [0.05, 0.1) is 6.61 Å². The Hall–Kier alpha value is -0.120. The fraction of sp³-hybridized carbons (Fsp3) is 1.00. The van der Waals surface area contributed by atoms with Crippen molar-refractivity contribution in [3.8, 4) is 0 Å². The van der Waals surface area contributed by atoms with Gasteiger partial charge in [-0.25, -0.2) is 0 Å². The van der Waals surface area contributed by atoms with Crippen LogP contribution in [0.25, 0.3) is 0 Å². The summed E-state index contributed by atoms with van der Waals surface area (Å²) in [6.45, 7) is 2.85. The summed E-state index contributed by atoms with van der Waals surface area (Å²) in [6, 6.07) is 0. The van der Waals surface area contributed by atoms with Gasteiger partial charge >= 0.3 is 0 Å². The zero-order valence-electron chi connectivity index (χ0n) is 8.60. The summed E-state index contributed by atoms with van der Waals surface area (Å²) < 4.78 is 0. The van der Waals surface area contributed by atoms with Crippen molar-refractivity contribution in [2.75, 3.05) is 26.2 Å². The number of nitrogens with two attached hydrogens (primary N) is 1. The van der Waals surface area contributed by atoms with Crippen molar-refractivity contribution in [2.45, 2.75) is 38.5 Å². The number of hydrogen-bond acceptors (Lipinski definition) is 3. The molecule has 0 aromatic carbocycles. The molecule has 80 valence electrons. The van der Waals surface area contributed by atoms with E-state index in [1.165, 1.54) is 38.5 Å². The summed E-state index contributed by atoms with van der Waals surface area (Å²) in [5.74, 6) is 0. The lowest BCUT2D eigenvalue weighted by Gasteiger charge is -2.02. The van der Waals surface area contributed by atoms with Crippen molar-refractivity contribution in [3.63, 3.8) is 0 Å². The monoisotopic (exact) mass is 188 g/mol. The summed E-state index contributed by atoms with van der Waals surface area (Å²) in [4.78, 5) is 0. The predicted molar refractivity (Wildman–Crippen MR) is 56.7 cm³/mol. The number of rotatable bonds is 10. The Labute approximate surface area is 81.7 Å². The van der Waals surface area contributed by atoms with Crippen LogP contribution in [0.15, 0.2) is 0 Å². The molecule has 0 aromatic rings. The van der Waals surface area contributed by atoms with Gasteiger partial charge in [-0.15, -0.1) is 0 Å². The molecule has 0 amide bonds. The fourth-order valence-corrected chi connectivity index (χ4v) is 1.31. The summed E-state index contributed by atoms with van der Waals surface area (Å²) in [5, 5.41) is 11.7. The van der Waals surface area contributed by atoms with Gasteiger partial charge in [-0.2, -0.15) is 0 Å². The molecule has 4 N–H and O–H groups in total. The van der Waals surface area contributed by atoms with Gasteiger partial charge in [-0.1, -0.05) is 25.7 Å². The average Bonchev–Trinajstić information content (AvgIpc) is 2.16. The SMILES string of the molecule is NCCCCCCCCNCCO. The van der Waals surface area contributed by atoms with Crippen molar-refractivity contribution in [3.05, 3.63) is 0 Å². The van der Waals surface area contributed by atoms with Gasteiger partial charge in [0.25, 0.3) is 0 Å². The molecule has 0 saturated heterocycles. The fourth-order valence-electron chi connectivity index (χ4n) is 1.31. The van der Waals surface area contributed by atoms with Crippen molar-refractivity contribution in [1.29, 1.82) is 0 Å². The van der Waals surface area contributed by atoms with Crippen LogP contribution in [-0.2, 0) is 0 Å². The second-order valence-corrected chi connectivity index (χ2v) is 3.38. The van der Waals surface area contributed by atoms with E-state index in [0.717, 1.165) is 19.6 Å². The van der Waals surface area contributed by atoms with E-state index in [1.807, 2.05) is 0 Å². The van der Waals surface area contributed by atoms with E-state index in [4.69, 9.17) is 10.8 Å². The second kappa shape index (κ2) is 11.9. The average molecular weight is 188 g/mol. The normalized spacial score (nSPS) is 10.6.